The molecule has 0 bridgehead atoms. The molecule has 2 aromatic carbocycles. The molecule has 2 aromatic heterocycles. The molecule has 0 radical (unpaired) electrons. The van der Waals surface area contributed by atoms with Crippen molar-refractivity contribution in [2.75, 3.05) is 18.2 Å². The normalized spacial score (nSPS) is 10.9. The Morgan fingerprint density at radius 1 is 1.16 bits per heavy atom. The Labute approximate surface area is 194 Å². The number of hydrogen-bond donors (Lipinski definition) is 1. The van der Waals surface area contributed by atoms with E-state index >= 15 is 0 Å². The number of methoxy groups -OCH3 is 1. The van der Waals surface area contributed by atoms with Gasteiger partial charge in [0.25, 0.3) is 0 Å². The topological polar surface area (TPSA) is 86.9 Å². The molecule has 4 aromatic rings. The van der Waals surface area contributed by atoms with Gasteiger partial charge in [-0.05, 0) is 24.3 Å². The van der Waals surface area contributed by atoms with Crippen LogP contribution >= 0.6 is 23.4 Å². The molecule has 0 fully saturated rings. The molecule has 0 aliphatic heterocycles. The van der Waals surface area contributed by atoms with E-state index in [0.717, 1.165) is 22.6 Å². The molecule has 0 saturated heterocycles. The number of amides is 1. The number of nitrogens with zero attached hydrogens (tertiary/aromatic N) is 5. The van der Waals surface area contributed by atoms with Crippen molar-refractivity contribution in [3.05, 3.63) is 59.8 Å². The monoisotopic (exact) mass is 468 g/mol. The minimum Gasteiger partial charge on any atom is -0.497 e. The number of hydrogen-bond acceptors (Lipinski definition) is 6. The average molecular weight is 469 g/mol. The van der Waals surface area contributed by atoms with Crippen molar-refractivity contribution < 1.29 is 9.53 Å². The van der Waals surface area contributed by atoms with Crippen LogP contribution in [0, 0.1) is 0 Å². The van der Waals surface area contributed by atoms with Gasteiger partial charge < -0.3 is 14.6 Å². The maximum atomic E-state index is 12.4. The number of thioether (sulfide) groups is 1. The van der Waals surface area contributed by atoms with E-state index in [1.807, 2.05) is 61.3 Å². The fourth-order valence-corrected chi connectivity index (χ4v) is 4.08. The Morgan fingerprint density at radius 2 is 1.97 bits per heavy atom. The van der Waals surface area contributed by atoms with Gasteiger partial charge in [0.05, 0.1) is 29.1 Å². The molecule has 1 amide bonds. The van der Waals surface area contributed by atoms with E-state index in [2.05, 4.69) is 20.6 Å². The highest BCUT2D eigenvalue weighted by Crippen LogP contribution is 2.32. The molecule has 0 spiro atoms. The first-order chi connectivity index (χ1) is 15.5. The zero-order valence-corrected chi connectivity index (χ0v) is 19.3. The van der Waals surface area contributed by atoms with Crippen LogP contribution in [0.3, 0.4) is 0 Å². The molecule has 0 aliphatic rings. The summed E-state index contributed by atoms with van der Waals surface area (Å²) in [5.74, 6) is 1.40. The number of rotatable bonds is 7. The number of carbonyl (C=O) groups is 1. The third-order valence-electron chi connectivity index (χ3n) is 4.73. The number of anilines is 1. The Hall–Kier alpha value is -3.30. The van der Waals surface area contributed by atoms with Gasteiger partial charge >= 0.3 is 0 Å². The second-order valence-corrected chi connectivity index (χ2v) is 8.33. The summed E-state index contributed by atoms with van der Waals surface area (Å²) in [5, 5.41) is 17.2. The van der Waals surface area contributed by atoms with Gasteiger partial charge in [-0.3, -0.25) is 9.48 Å². The number of benzene rings is 2. The van der Waals surface area contributed by atoms with Crippen molar-refractivity contribution in [3.63, 3.8) is 0 Å². The Bertz CT molecular complexity index is 1270. The van der Waals surface area contributed by atoms with Gasteiger partial charge in [0, 0.05) is 25.9 Å². The molecule has 0 unspecified atom stereocenters. The van der Waals surface area contributed by atoms with Crippen molar-refractivity contribution in [1.29, 1.82) is 0 Å². The molecule has 10 heteroatoms. The van der Waals surface area contributed by atoms with Crippen molar-refractivity contribution in [2.45, 2.75) is 5.16 Å². The third-order valence-corrected chi connectivity index (χ3v) is 6.08. The molecule has 0 atom stereocenters. The zero-order valence-electron chi connectivity index (χ0n) is 17.7. The molecule has 1 N–H and O–H groups in total. The minimum atomic E-state index is -0.175. The SMILES string of the molecule is COc1cccc(-c2nn(C)cc2-c2nnc(SCC(=O)Nc3ccccc3Cl)n2C)c1. The van der Waals surface area contributed by atoms with Crippen LogP contribution in [0.25, 0.3) is 22.6 Å². The van der Waals surface area contributed by atoms with E-state index in [4.69, 9.17) is 16.3 Å². The number of ether oxygens (including phenoxy) is 1. The Balaban J connectivity index is 1.53. The van der Waals surface area contributed by atoms with E-state index in [1.54, 1.807) is 23.9 Å². The van der Waals surface area contributed by atoms with Crippen LogP contribution in [0.1, 0.15) is 0 Å². The van der Waals surface area contributed by atoms with Crippen LogP contribution in [0.15, 0.2) is 59.9 Å². The van der Waals surface area contributed by atoms with E-state index < -0.39 is 0 Å². The van der Waals surface area contributed by atoms with Crippen molar-refractivity contribution >= 4 is 35.0 Å². The maximum absolute atomic E-state index is 12.4. The van der Waals surface area contributed by atoms with Crippen LogP contribution in [0.4, 0.5) is 5.69 Å². The second-order valence-electron chi connectivity index (χ2n) is 6.98. The zero-order chi connectivity index (χ0) is 22.7. The summed E-state index contributed by atoms with van der Waals surface area (Å²) >= 11 is 7.40. The fraction of sp³-hybridized carbons (Fsp3) is 0.182. The lowest BCUT2D eigenvalue weighted by atomic mass is 10.1. The molecule has 0 aliphatic carbocycles. The summed E-state index contributed by atoms with van der Waals surface area (Å²) in [6, 6.07) is 14.8. The summed E-state index contributed by atoms with van der Waals surface area (Å²) in [6.45, 7) is 0. The molecule has 164 valence electrons. The number of para-hydroxylation sites is 1. The molecule has 0 saturated carbocycles. The Morgan fingerprint density at radius 3 is 2.75 bits per heavy atom. The maximum Gasteiger partial charge on any atom is 0.234 e. The summed E-state index contributed by atoms with van der Waals surface area (Å²) in [5.41, 5.74) is 3.10. The van der Waals surface area contributed by atoms with E-state index in [0.29, 0.717) is 21.7 Å². The molecule has 32 heavy (non-hydrogen) atoms. The first-order valence-corrected chi connectivity index (χ1v) is 11.1. The summed E-state index contributed by atoms with van der Waals surface area (Å²) < 4.78 is 8.94. The van der Waals surface area contributed by atoms with Crippen molar-refractivity contribution in [3.8, 4) is 28.4 Å². The quantitative estimate of drug-likeness (QED) is 0.407. The number of nitrogens with one attached hydrogen (secondary N) is 1. The highest BCUT2D eigenvalue weighted by molar-refractivity contribution is 7.99. The van der Waals surface area contributed by atoms with Crippen molar-refractivity contribution in [2.24, 2.45) is 14.1 Å². The number of aryl methyl sites for hydroxylation is 1. The van der Waals surface area contributed by atoms with Crippen molar-refractivity contribution in [1.82, 2.24) is 24.5 Å². The first-order valence-electron chi connectivity index (χ1n) is 9.71. The van der Waals surface area contributed by atoms with Crippen LogP contribution in [0.2, 0.25) is 5.02 Å². The number of halogens is 1. The van der Waals surface area contributed by atoms with E-state index in [1.165, 1.54) is 11.8 Å². The second kappa shape index (κ2) is 9.46. The minimum absolute atomic E-state index is 0.174. The van der Waals surface area contributed by atoms with Crippen LogP contribution in [-0.4, -0.2) is 43.3 Å². The van der Waals surface area contributed by atoms with Gasteiger partial charge in [-0.15, -0.1) is 10.2 Å². The highest BCUT2D eigenvalue weighted by Gasteiger charge is 2.20. The van der Waals surface area contributed by atoms with Gasteiger partial charge in [-0.2, -0.15) is 5.10 Å². The Kier molecular flexibility index (Phi) is 6.48. The first kappa shape index (κ1) is 21.9. The van der Waals surface area contributed by atoms with Gasteiger partial charge in [0.15, 0.2) is 11.0 Å². The predicted octanol–water partition coefficient (Wildman–Crippen LogP) is 4.28. The van der Waals surface area contributed by atoms with Gasteiger partial charge in [0.2, 0.25) is 5.91 Å². The van der Waals surface area contributed by atoms with Crippen LogP contribution < -0.4 is 10.1 Å². The lowest BCUT2D eigenvalue weighted by Crippen LogP contribution is -2.14. The third kappa shape index (κ3) is 4.63. The highest BCUT2D eigenvalue weighted by atomic mass is 35.5. The van der Waals surface area contributed by atoms with Crippen LogP contribution in [0.5, 0.6) is 5.75 Å². The summed E-state index contributed by atoms with van der Waals surface area (Å²) in [7, 11) is 5.36. The van der Waals surface area contributed by atoms with Crippen LogP contribution in [-0.2, 0) is 18.9 Å². The standard InChI is InChI=1S/C22H21ClN6O2S/c1-28-12-16(20(27-28)14-7-6-8-15(11-14)31-3)21-25-26-22(29(21)2)32-13-19(30)24-18-10-5-4-9-17(18)23/h4-12H,13H2,1-3H3,(H,24,30). The van der Waals surface area contributed by atoms with E-state index in [-0.39, 0.29) is 11.7 Å². The van der Waals surface area contributed by atoms with Gasteiger partial charge in [-0.25, -0.2) is 0 Å². The summed E-state index contributed by atoms with van der Waals surface area (Å²) in [4.78, 5) is 12.4. The fourth-order valence-electron chi connectivity index (χ4n) is 3.19. The summed E-state index contributed by atoms with van der Waals surface area (Å²) in [6.07, 6.45) is 1.90. The molecular weight excluding hydrogens is 448 g/mol. The van der Waals surface area contributed by atoms with E-state index in [9.17, 15) is 4.79 Å². The lowest BCUT2D eigenvalue weighted by Gasteiger charge is -2.07. The largest absolute Gasteiger partial charge is 0.497 e. The molecule has 4 rings (SSSR count). The smallest absolute Gasteiger partial charge is 0.234 e. The molecule has 2 heterocycles. The van der Waals surface area contributed by atoms with Gasteiger partial charge in [-0.1, -0.05) is 47.6 Å². The van der Waals surface area contributed by atoms with Gasteiger partial charge in [0.1, 0.15) is 11.4 Å². The average Bonchev–Trinajstić information content (AvgIpc) is 3.36. The predicted molar refractivity (Wildman–Crippen MR) is 126 cm³/mol. The number of carbonyl (C=O) groups excluding carboxylic acids is 1. The molecule has 8 nitrogen and oxygen atoms in total. The molecular formula is C22H21ClN6O2S. The number of aromatic nitrogens is 5. The lowest BCUT2D eigenvalue weighted by molar-refractivity contribution is -0.113.